The van der Waals surface area contributed by atoms with E-state index >= 15 is 0 Å². The fraction of sp³-hybridized carbons (Fsp3) is 0.182. The monoisotopic (exact) mass is 239 g/mol. The molecule has 0 saturated heterocycles. The second-order valence-electron chi connectivity index (χ2n) is 3.44. The van der Waals surface area contributed by atoms with E-state index in [1.54, 1.807) is 10.7 Å². The summed E-state index contributed by atoms with van der Waals surface area (Å²) in [6, 6.07) is 6.18. The van der Waals surface area contributed by atoms with Crippen LogP contribution in [-0.4, -0.2) is 9.78 Å². The first-order valence-corrected chi connectivity index (χ1v) is 5.23. The SMILES string of the molecule is NCc1ccn(Cc2ccc(F)cc2Cl)n1. The maximum Gasteiger partial charge on any atom is 0.124 e. The van der Waals surface area contributed by atoms with Gasteiger partial charge in [-0.3, -0.25) is 4.68 Å². The molecule has 0 unspecified atom stereocenters. The number of nitrogens with two attached hydrogens (primary N) is 1. The van der Waals surface area contributed by atoms with Crippen LogP contribution in [-0.2, 0) is 13.1 Å². The number of benzene rings is 1. The predicted octanol–water partition coefficient (Wildman–Crippen LogP) is 2.18. The molecule has 0 radical (unpaired) electrons. The number of nitrogens with zero attached hydrogens (tertiary/aromatic N) is 2. The highest BCUT2D eigenvalue weighted by atomic mass is 35.5. The van der Waals surface area contributed by atoms with Gasteiger partial charge in [-0.15, -0.1) is 0 Å². The molecule has 5 heteroatoms. The average Bonchev–Trinajstić information content (AvgIpc) is 2.70. The lowest BCUT2D eigenvalue weighted by atomic mass is 10.2. The van der Waals surface area contributed by atoms with Crippen LogP contribution in [0.15, 0.2) is 30.5 Å². The molecule has 2 N–H and O–H groups in total. The van der Waals surface area contributed by atoms with Crippen LogP contribution < -0.4 is 5.73 Å². The van der Waals surface area contributed by atoms with Crippen molar-refractivity contribution in [2.45, 2.75) is 13.1 Å². The smallest absolute Gasteiger partial charge is 0.124 e. The highest BCUT2D eigenvalue weighted by molar-refractivity contribution is 6.31. The lowest BCUT2D eigenvalue weighted by Crippen LogP contribution is -2.04. The van der Waals surface area contributed by atoms with Gasteiger partial charge in [0.2, 0.25) is 0 Å². The number of hydrogen-bond donors (Lipinski definition) is 1. The molecule has 0 aliphatic heterocycles. The Bertz CT molecular complexity index is 496. The minimum atomic E-state index is -0.336. The summed E-state index contributed by atoms with van der Waals surface area (Å²) in [5.74, 6) is -0.336. The zero-order chi connectivity index (χ0) is 11.5. The molecule has 0 aliphatic rings. The zero-order valence-electron chi connectivity index (χ0n) is 8.53. The van der Waals surface area contributed by atoms with Crippen LogP contribution in [0.3, 0.4) is 0 Å². The zero-order valence-corrected chi connectivity index (χ0v) is 9.28. The molecule has 1 aromatic carbocycles. The summed E-state index contributed by atoms with van der Waals surface area (Å²) in [5, 5.41) is 4.63. The number of hydrogen-bond acceptors (Lipinski definition) is 2. The van der Waals surface area contributed by atoms with E-state index in [2.05, 4.69) is 5.10 Å². The topological polar surface area (TPSA) is 43.8 Å². The lowest BCUT2D eigenvalue weighted by molar-refractivity contribution is 0.624. The van der Waals surface area contributed by atoms with Gasteiger partial charge in [0.25, 0.3) is 0 Å². The minimum Gasteiger partial charge on any atom is -0.325 e. The van der Waals surface area contributed by atoms with E-state index in [1.807, 2.05) is 12.3 Å². The highest BCUT2D eigenvalue weighted by Crippen LogP contribution is 2.18. The molecule has 1 aromatic heterocycles. The molecule has 2 aromatic rings. The Morgan fingerprint density at radius 3 is 2.81 bits per heavy atom. The standard InChI is InChI=1S/C11H11ClFN3/c12-11-5-9(13)2-1-8(11)7-16-4-3-10(6-14)15-16/h1-5H,6-7,14H2. The van der Waals surface area contributed by atoms with Crippen molar-refractivity contribution in [3.63, 3.8) is 0 Å². The van der Waals surface area contributed by atoms with Crippen LogP contribution in [0.25, 0.3) is 0 Å². The molecule has 0 saturated carbocycles. The average molecular weight is 240 g/mol. The Balaban J connectivity index is 2.20. The van der Waals surface area contributed by atoms with Crippen LogP contribution in [0.4, 0.5) is 4.39 Å². The van der Waals surface area contributed by atoms with Crippen molar-refractivity contribution in [3.8, 4) is 0 Å². The first-order valence-electron chi connectivity index (χ1n) is 4.85. The molecule has 0 atom stereocenters. The normalized spacial score (nSPS) is 10.7. The van der Waals surface area contributed by atoms with Gasteiger partial charge in [0.05, 0.1) is 12.2 Å². The molecule has 16 heavy (non-hydrogen) atoms. The molecule has 0 amide bonds. The third-order valence-corrected chi connectivity index (χ3v) is 2.60. The van der Waals surface area contributed by atoms with Crippen LogP contribution in [0.1, 0.15) is 11.3 Å². The second kappa shape index (κ2) is 4.63. The Hall–Kier alpha value is -1.39. The number of rotatable bonds is 3. The fourth-order valence-electron chi connectivity index (χ4n) is 1.43. The van der Waals surface area contributed by atoms with Gasteiger partial charge < -0.3 is 5.73 Å². The van der Waals surface area contributed by atoms with E-state index in [4.69, 9.17) is 17.3 Å². The van der Waals surface area contributed by atoms with Gasteiger partial charge >= 0.3 is 0 Å². The van der Waals surface area contributed by atoms with Gasteiger partial charge in [-0.05, 0) is 23.8 Å². The maximum atomic E-state index is 12.8. The van der Waals surface area contributed by atoms with Crippen molar-refractivity contribution in [1.29, 1.82) is 0 Å². The fourth-order valence-corrected chi connectivity index (χ4v) is 1.65. The molecule has 0 bridgehead atoms. The Kier molecular flexibility index (Phi) is 3.22. The van der Waals surface area contributed by atoms with Crippen molar-refractivity contribution < 1.29 is 4.39 Å². The third-order valence-electron chi connectivity index (χ3n) is 2.25. The van der Waals surface area contributed by atoms with Gasteiger partial charge in [0.1, 0.15) is 5.82 Å². The first-order chi connectivity index (χ1) is 7.69. The second-order valence-corrected chi connectivity index (χ2v) is 3.85. The predicted molar refractivity (Wildman–Crippen MR) is 60.6 cm³/mol. The Labute approximate surface area is 97.6 Å². The Morgan fingerprint density at radius 1 is 1.38 bits per heavy atom. The quantitative estimate of drug-likeness (QED) is 0.892. The van der Waals surface area contributed by atoms with E-state index in [-0.39, 0.29) is 5.82 Å². The van der Waals surface area contributed by atoms with Crippen molar-refractivity contribution in [3.05, 3.63) is 52.6 Å². The third kappa shape index (κ3) is 2.40. The summed E-state index contributed by atoms with van der Waals surface area (Å²) in [5.41, 5.74) is 7.10. The Morgan fingerprint density at radius 2 is 2.19 bits per heavy atom. The number of halogens is 2. The van der Waals surface area contributed by atoms with Crippen LogP contribution in [0.2, 0.25) is 5.02 Å². The maximum absolute atomic E-state index is 12.8. The van der Waals surface area contributed by atoms with Gasteiger partial charge in [0, 0.05) is 17.8 Å². The number of aromatic nitrogens is 2. The summed E-state index contributed by atoms with van der Waals surface area (Å²) < 4.78 is 14.5. The molecule has 0 fully saturated rings. The van der Waals surface area contributed by atoms with Crippen molar-refractivity contribution in [1.82, 2.24) is 9.78 Å². The van der Waals surface area contributed by atoms with Crippen LogP contribution in [0, 0.1) is 5.82 Å². The van der Waals surface area contributed by atoms with E-state index < -0.39 is 0 Å². The first kappa shape index (κ1) is 11.1. The lowest BCUT2D eigenvalue weighted by Gasteiger charge is -2.04. The summed E-state index contributed by atoms with van der Waals surface area (Å²) >= 11 is 5.91. The molecular weight excluding hydrogens is 229 g/mol. The molecule has 2 rings (SSSR count). The molecule has 0 aliphatic carbocycles. The van der Waals surface area contributed by atoms with Crippen LogP contribution in [0.5, 0.6) is 0 Å². The molecule has 1 heterocycles. The van der Waals surface area contributed by atoms with Crippen molar-refractivity contribution >= 4 is 11.6 Å². The van der Waals surface area contributed by atoms with E-state index in [1.165, 1.54) is 12.1 Å². The van der Waals surface area contributed by atoms with Gasteiger partial charge in [-0.2, -0.15) is 5.10 Å². The summed E-state index contributed by atoms with van der Waals surface area (Å²) in [7, 11) is 0. The molecule has 0 spiro atoms. The highest BCUT2D eigenvalue weighted by Gasteiger charge is 2.04. The van der Waals surface area contributed by atoms with Gasteiger partial charge in [-0.1, -0.05) is 17.7 Å². The van der Waals surface area contributed by atoms with E-state index in [0.29, 0.717) is 18.1 Å². The van der Waals surface area contributed by atoms with Gasteiger partial charge in [-0.25, -0.2) is 4.39 Å². The van der Waals surface area contributed by atoms with Crippen molar-refractivity contribution in [2.75, 3.05) is 0 Å². The van der Waals surface area contributed by atoms with Crippen LogP contribution >= 0.6 is 11.6 Å². The molecule has 3 nitrogen and oxygen atoms in total. The van der Waals surface area contributed by atoms with E-state index in [9.17, 15) is 4.39 Å². The molecule has 84 valence electrons. The van der Waals surface area contributed by atoms with Crippen molar-refractivity contribution in [2.24, 2.45) is 5.73 Å². The molecular formula is C11H11ClFN3. The summed E-state index contributed by atoms with van der Waals surface area (Å²) in [4.78, 5) is 0. The minimum absolute atomic E-state index is 0.336. The summed E-state index contributed by atoms with van der Waals surface area (Å²) in [6.07, 6.45) is 1.82. The summed E-state index contributed by atoms with van der Waals surface area (Å²) in [6.45, 7) is 0.920. The largest absolute Gasteiger partial charge is 0.325 e. The van der Waals surface area contributed by atoms with Gasteiger partial charge in [0.15, 0.2) is 0 Å². The van der Waals surface area contributed by atoms with E-state index in [0.717, 1.165) is 11.3 Å².